The van der Waals surface area contributed by atoms with E-state index < -0.39 is 0 Å². The summed E-state index contributed by atoms with van der Waals surface area (Å²) < 4.78 is 9.59. The summed E-state index contributed by atoms with van der Waals surface area (Å²) in [4.78, 5) is 23.5. The Morgan fingerprint density at radius 1 is 0.188 bits per heavy atom. The summed E-state index contributed by atoms with van der Waals surface area (Å²) in [5.41, 5.74) is 53.3. The van der Waals surface area contributed by atoms with Gasteiger partial charge in [0.2, 0.25) is 0 Å². The molecule has 0 radical (unpaired) electrons. The highest BCUT2D eigenvalue weighted by atomic mass is 15.1. The smallest absolute Gasteiger partial charge is 0.164 e. The summed E-state index contributed by atoms with van der Waals surface area (Å²) in [6.07, 6.45) is 0. The number of benzene rings is 21. The van der Waals surface area contributed by atoms with Crippen molar-refractivity contribution in [2.45, 2.75) is 37.0 Å². The highest BCUT2D eigenvalue weighted by molar-refractivity contribution is 6.14. The predicted octanol–water partition coefficient (Wildman–Crippen LogP) is 35.0. The lowest BCUT2D eigenvalue weighted by Gasteiger charge is -2.28. The van der Waals surface area contributed by atoms with Crippen molar-refractivity contribution in [2.24, 2.45) is 0 Å². The van der Waals surface area contributed by atoms with Crippen LogP contribution in [0.4, 0.5) is 17.1 Å². The summed E-state index contributed by atoms with van der Waals surface area (Å²) in [6, 6.07) is 184. The van der Waals surface area contributed by atoms with E-state index >= 15 is 0 Å². The number of para-hydroxylation sites is 7. The first-order chi connectivity index (χ1) is 73.6. The van der Waals surface area contributed by atoms with Gasteiger partial charge in [-0.05, 0) is 236 Å². The van der Waals surface area contributed by atoms with E-state index in [1.165, 1.54) is 172 Å². The summed E-state index contributed by atoms with van der Waals surface area (Å²) in [5.74, 6) is 2.78. The van der Waals surface area contributed by atoms with E-state index in [2.05, 4.69) is 547 Å². The monoisotopic (exact) mass is 1900 g/mol. The fourth-order valence-electron chi connectivity index (χ4n) is 25.9. The molecule has 0 N–H and O–H groups in total. The van der Waals surface area contributed by atoms with Crippen LogP contribution in [-0.4, -0.2) is 38.2 Å². The van der Waals surface area contributed by atoms with Crippen molar-refractivity contribution >= 4 is 72.0 Å². The Kier molecular flexibility index (Phi) is 19.0. The first kappa shape index (κ1) is 85.4. The average Bonchev–Trinajstić information content (AvgIpc) is 1.52. The number of fused-ring (bicyclic) bond motifs is 12. The molecule has 3 atom stereocenters. The number of aromatic nitrogens is 8. The molecule has 3 aliphatic carbocycles. The van der Waals surface area contributed by atoms with Gasteiger partial charge in [0.1, 0.15) is 17.3 Å². The van der Waals surface area contributed by atoms with Gasteiger partial charge in [0.05, 0.1) is 66.9 Å². The topological polar surface area (TPSA) is 74.5 Å². The highest BCUT2D eigenvalue weighted by Crippen LogP contribution is 2.64. The Morgan fingerprint density at radius 2 is 0.477 bits per heavy atom. The summed E-state index contributed by atoms with van der Waals surface area (Å²) in [5, 5.41) is 2.55. The second-order valence-corrected chi connectivity index (χ2v) is 40.5. The van der Waals surface area contributed by atoms with E-state index in [4.69, 9.17) is 19.9 Å². The van der Waals surface area contributed by atoms with Crippen molar-refractivity contribution < 1.29 is 0 Å². The van der Waals surface area contributed by atoms with Crippen LogP contribution in [0.1, 0.15) is 70.8 Å². The molecule has 6 aliphatic rings. The lowest BCUT2D eigenvalue weighted by Crippen LogP contribution is -2.22. The minimum atomic E-state index is -0.284. The number of rotatable bonds is 13. The molecule has 21 aromatic carbocycles. The molecule has 3 aliphatic heterocycles. The van der Waals surface area contributed by atoms with Crippen molar-refractivity contribution in [3.8, 4) is 157 Å². The number of imidazole rings is 3. The van der Waals surface area contributed by atoms with E-state index in [1.54, 1.807) is 0 Å². The van der Waals surface area contributed by atoms with Crippen molar-refractivity contribution in [3.05, 3.63) is 560 Å². The van der Waals surface area contributed by atoms with Crippen LogP contribution in [-0.2, 0) is 16.2 Å². The van der Waals surface area contributed by atoms with Gasteiger partial charge in [-0.25, -0.2) is 19.9 Å². The number of hydrogen-bond acceptors (Lipinski definition) is 5. The number of nitrogens with zero attached hydrogens (tertiary/aromatic N) is 9. The summed E-state index contributed by atoms with van der Waals surface area (Å²) in [7, 11) is 0. The Bertz CT molecular complexity index is 9870. The van der Waals surface area contributed by atoms with E-state index in [0.717, 1.165) is 107 Å². The number of pyridine rings is 1. The molecule has 0 saturated carbocycles. The van der Waals surface area contributed by atoms with Crippen LogP contribution in [0.15, 0.2) is 510 Å². The van der Waals surface area contributed by atoms with E-state index in [-0.39, 0.29) is 16.2 Å². The number of hydrogen-bond donors (Lipinski definition) is 0. The van der Waals surface area contributed by atoms with Gasteiger partial charge in [0.15, 0.2) is 5.82 Å². The van der Waals surface area contributed by atoms with Gasteiger partial charge in [-0.2, -0.15) is 0 Å². The van der Waals surface area contributed by atoms with Gasteiger partial charge in [0.25, 0.3) is 0 Å². The van der Waals surface area contributed by atoms with Crippen LogP contribution in [0, 0.1) is 0 Å². The minimum Gasteiger partial charge on any atom is -0.311 e. The molecule has 0 spiro atoms. The molecule has 698 valence electrons. The molecule has 0 amide bonds. The molecule has 0 saturated heterocycles. The zero-order chi connectivity index (χ0) is 98.5. The summed E-state index contributed by atoms with van der Waals surface area (Å²) >= 11 is 0. The van der Waals surface area contributed by atoms with Gasteiger partial charge >= 0.3 is 0 Å². The maximum atomic E-state index is 5.41. The van der Waals surface area contributed by atoms with E-state index in [0.29, 0.717) is 0 Å². The minimum absolute atomic E-state index is 0.275. The lowest BCUT2D eigenvalue weighted by molar-refractivity contribution is 0.714. The molecule has 8 heterocycles. The third-order valence-corrected chi connectivity index (χ3v) is 32.8. The van der Waals surface area contributed by atoms with Crippen LogP contribution in [0.3, 0.4) is 0 Å². The third-order valence-electron chi connectivity index (χ3n) is 32.8. The molecule has 9 nitrogen and oxygen atoms in total. The molecule has 5 aromatic heterocycles. The maximum absolute atomic E-state index is 5.41. The van der Waals surface area contributed by atoms with Crippen LogP contribution < -0.4 is 4.90 Å². The molecular formula is C140H93N9. The van der Waals surface area contributed by atoms with Crippen LogP contribution in [0.25, 0.3) is 212 Å². The van der Waals surface area contributed by atoms with E-state index in [1.807, 2.05) is 6.07 Å². The lowest BCUT2D eigenvalue weighted by atomic mass is 9.74. The van der Waals surface area contributed by atoms with Crippen molar-refractivity contribution in [1.29, 1.82) is 0 Å². The predicted molar refractivity (Wildman–Crippen MR) is 612 cm³/mol. The fourth-order valence-corrected chi connectivity index (χ4v) is 25.9. The van der Waals surface area contributed by atoms with Crippen LogP contribution in [0.5, 0.6) is 0 Å². The average molecular weight is 1900 g/mol. The second kappa shape index (κ2) is 33.2. The Balaban J connectivity index is 0.000000104. The van der Waals surface area contributed by atoms with Gasteiger partial charge in [-0.3, -0.25) is 13.7 Å². The van der Waals surface area contributed by atoms with Crippen LogP contribution in [0.2, 0.25) is 0 Å². The third kappa shape index (κ3) is 12.6. The molecule has 149 heavy (non-hydrogen) atoms. The molecular weight excluding hydrogens is 1810 g/mol. The van der Waals surface area contributed by atoms with Crippen molar-refractivity contribution in [2.75, 3.05) is 4.90 Å². The molecule has 9 heteroatoms. The standard InChI is InChI=1S/C51H33N3.C51H35N3.C38H25N3/c1-51(35-12-3-2-4-13-35)41-18-11-17-40-39-16-7-10-21-46(39)54-49-43(31-30-42(51)48(49)47(40)41)52-50(54)34-24-22-32(23-25-34)33-26-28-36(29-27-33)53-44-19-8-5-14-37(44)38-15-6-9-20-45(38)53;1-51(37-14-5-2-6-15-37)43-22-13-21-42-41-20-11-12-23-46(41)54-49-45(33-32-44(51)48(49)47(42)43)52-50(54)36-26-24-34(25-27-36)35-28-30-40(31-29-35)53(38-16-7-3-8-17-38)39-18-9-4-10-19-39;1-38(25-14-6-3-7-15-25)28-18-10-17-27-26-16-8-9-21-33(26)41-36-31(23-22-29(38)35(36)34(27)28)40-37(41)32-20-11-19-30(39-32)24-12-4-2-5-13-24/h2-31H,1H3;2-33H,1H3;2-23H,1H3. The van der Waals surface area contributed by atoms with Gasteiger partial charge < -0.3 is 9.47 Å². The van der Waals surface area contributed by atoms with Gasteiger partial charge in [0, 0.05) is 99.8 Å². The molecule has 26 aromatic rings. The van der Waals surface area contributed by atoms with Crippen LogP contribution >= 0.6 is 0 Å². The van der Waals surface area contributed by atoms with Crippen molar-refractivity contribution in [3.63, 3.8) is 0 Å². The summed E-state index contributed by atoms with van der Waals surface area (Å²) in [6.45, 7) is 7.17. The zero-order valence-electron chi connectivity index (χ0n) is 82.0. The van der Waals surface area contributed by atoms with E-state index in [9.17, 15) is 0 Å². The quantitative estimate of drug-likeness (QED) is 0.115. The first-order valence-corrected chi connectivity index (χ1v) is 51.5. The molecule has 32 rings (SSSR count). The Labute approximate surface area is 862 Å². The fraction of sp³-hybridized carbons (Fsp3) is 0.0429. The molecule has 0 fully saturated rings. The number of anilines is 3. The van der Waals surface area contributed by atoms with Crippen molar-refractivity contribution in [1.82, 2.24) is 38.2 Å². The zero-order valence-corrected chi connectivity index (χ0v) is 82.0. The first-order valence-electron chi connectivity index (χ1n) is 51.5. The normalized spacial score (nSPS) is 15.3. The molecule has 3 unspecified atom stereocenters. The maximum Gasteiger partial charge on any atom is 0.164 e. The Hall–Kier alpha value is -19.2. The second-order valence-electron chi connectivity index (χ2n) is 40.5. The SMILES string of the molecule is CC1(c2ccccc2)c2cccc3c2-c2c1ccc1nc(-c4ccc(-c5ccc(-n6c7ccccc7c7ccccc76)cc5)cc4)n(c21)-c1ccccc1-3.CC1(c2ccccc2)c2cccc3c2-c2c1ccc1nc(-c4ccc(-c5ccc(N(c6ccccc6)c6ccccc6)cc5)cc4)n(c21)-c1ccccc1-3.CC1(c2ccccc2)c2cccc3c2-c2c1ccc1nc(-c4cccc(-c5ccccc5)n4)n(c21)-c1ccccc1-3. The van der Waals surface area contributed by atoms with Gasteiger partial charge in [-0.1, -0.05) is 400 Å². The van der Waals surface area contributed by atoms with Gasteiger partial charge in [-0.15, -0.1) is 0 Å². The molecule has 0 bridgehead atoms. The largest absolute Gasteiger partial charge is 0.311 e. The highest BCUT2D eigenvalue weighted by Gasteiger charge is 2.49. The Morgan fingerprint density at radius 3 is 0.872 bits per heavy atom.